The predicted molar refractivity (Wildman–Crippen MR) is 130 cm³/mol. The summed E-state index contributed by atoms with van der Waals surface area (Å²) in [7, 11) is -2.35. The normalized spacial score (nSPS) is 12.2. The molecule has 1 N–H and O–H groups in total. The summed E-state index contributed by atoms with van der Waals surface area (Å²) >= 11 is 0. The van der Waals surface area contributed by atoms with E-state index in [0.717, 1.165) is 10.6 Å². The zero-order chi connectivity index (χ0) is 25.4. The number of carbonyl (C=O) groups is 2. The van der Waals surface area contributed by atoms with Crippen molar-refractivity contribution >= 4 is 21.8 Å². The Kier molecular flexibility index (Phi) is 8.67. The van der Waals surface area contributed by atoms with E-state index in [-0.39, 0.29) is 13.1 Å². The molecule has 0 aliphatic carbocycles. The number of hydrogen-bond donors (Lipinski definition) is 1. The second-order valence-corrected chi connectivity index (χ2v) is 10.1. The van der Waals surface area contributed by atoms with Crippen molar-refractivity contribution in [2.45, 2.75) is 19.1 Å². The Labute approximate surface area is 204 Å². The minimum Gasteiger partial charge on any atom is -0.348 e. The van der Waals surface area contributed by atoms with Gasteiger partial charge in [-0.3, -0.25) is 14.6 Å². The van der Waals surface area contributed by atoms with Crippen molar-refractivity contribution in [1.82, 2.24) is 19.5 Å². The van der Waals surface area contributed by atoms with Crippen molar-refractivity contribution in [3.63, 3.8) is 0 Å². The minimum atomic E-state index is -3.64. The number of benzene rings is 2. The first-order valence-corrected chi connectivity index (χ1v) is 12.7. The van der Waals surface area contributed by atoms with Crippen LogP contribution in [-0.4, -0.2) is 54.3 Å². The van der Waals surface area contributed by atoms with Gasteiger partial charge in [-0.1, -0.05) is 48.5 Å². The Balaban J connectivity index is 1.97. The largest absolute Gasteiger partial charge is 0.348 e. The van der Waals surface area contributed by atoms with Crippen LogP contribution in [-0.2, 0) is 32.7 Å². The summed E-state index contributed by atoms with van der Waals surface area (Å²) in [4.78, 5) is 32.4. The van der Waals surface area contributed by atoms with Crippen molar-refractivity contribution in [2.75, 3.05) is 19.8 Å². The van der Waals surface area contributed by atoms with Gasteiger partial charge in [0, 0.05) is 19.8 Å². The van der Waals surface area contributed by atoms with E-state index in [4.69, 9.17) is 0 Å². The van der Waals surface area contributed by atoms with E-state index in [1.54, 1.807) is 54.7 Å². The summed E-state index contributed by atoms with van der Waals surface area (Å²) in [6.45, 7) is -0.352. The number of sulfonamides is 1. The van der Waals surface area contributed by atoms with Gasteiger partial charge in [-0.15, -0.1) is 0 Å². The van der Waals surface area contributed by atoms with Gasteiger partial charge in [0.15, 0.2) is 0 Å². The highest BCUT2D eigenvalue weighted by molar-refractivity contribution is 7.88. The number of carbonyl (C=O) groups excluding carboxylic acids is 2. The van der Waals surface area contributed by atoms with Gasteiger partial charge in [-0.05, 0) is 35.4 Å². The summed E-state index contributed by atoms with van der Waals surface area (Å²) in [5.74, 6) is -1.47. The zero-order valence-corrected chi connectivity index (χ0v) is 20.3. The van der Waals surface area contributed by atoms with Crippen molar-refractivity contribution in [1.29, 1.82) is 0 Å². The van der Waals surface area contributed by atoms with E-state index in [1.165, 1.54) is 36.2 Å². The van der Waals surface area contributed by atoms with Gasteiger partial charge in [-0.25, -0.2) is 12.8 Å². The Bertz CT molecular complexity index is 1240. The van der Waals surface area contributed by atoms with E-state index in [9.17, 15) is 22.4 Å². The van der Waals surface area contributed by atoms with Gasteiger partial charge in [0.05, 0.1) is 25.0 Å². The van der Waals surface area contributed by atoms with Crippen LogP contribution < -0.4 is 5.32 Å². The number of nitrogens with one attached hydrogen (secondary N) is 1. The van der Waals surface area contributed by atoms with Gasteiger partial charge in [0.25, 0.3) is 0 Å². The van der Waals surface area contributed by atoms with Crippen LogP contribution in [0.1, 0.15) is 22.9 Å². The molecule has 8 nitrogen and oxygen atoms in total. The lowest BCUT2D eigenvalue weighted by atomic mass is 10.0. The van der Waals surface area contributed by atoms with E-state index in [2.05, 4.69) is 10.3 Å². The molecule has 3 aromatic rings. The number of nitrogens with zero attached hydrogens (tertiary/aromatic N) is 3. The molecular formula is C25H27FN4O4S. The van der Waals surface area contributed by atoms with E-state index >= 15 is 0 Å². The fraction of sp³-hybridized carbons (Fsp3) is 0.240. The summed E-state index contributed by atoms with van der Waals surface area (Å²) in [6.07, 6.45) is 2.61. The lowest BCUT2D eigenvalue weighted by Gasteiger charge is -2.32. The fourth-order valence-corrected chi connectivity index (χ4v) is 3.74. The molecule has 0 aliphatic rings. The highest BCUT2D eigenvalue weighted by Crippen LogP contribution is 2.24. The van der Waals surface area contributed by atoms with E-state index in [1.807, 2.05) is 0 Å². The van der Waals surface area contributed by atoms with Gasteiger partial charge < -0.3 is 10.2 Å². The number of pyridine rings is 1. The van der Waals surface area contributed by atoms with Crippen LogP contribution in [0.4, 0.5) is 4.39 Å². The zero-order valence-electron chi connectivity index (χ0n) is 19.5. The number of rotatable bonds is 10. The lowest BCUT2D eigenvalue weighted by Crippen LogP contribution is -2.47. The third-order valence-electron chi connectivity index (χ3n) is 5.36. The Morgan fingerprint density at radius 3 is 2.26 bits per heavy atom. The Morgan fingerprint density at radius 2 is 1.66 bits per heavy atom. The molecule has 0 bridgehead atoms. The smallest absolute Gasteiger partial charge is 0.247 e. The molecule has 35 heavy (non-hydrogen) atoms. The van der Waals surface area contributed by atoms with E-state index in [0.29, 0.717) is 16.8 Å². The van der Waals surface area contributed by atoms with Crippen LogP contribution in [0.3, 0.4) is 0 Å². The Hall–Kier alpha value is -3.63. The molecule has 3 rings (SSSR count). The van der Waals surface area contributed by atoms with Gasteiger partial charge in [0.2, 0.25) is 21.8 Å². The van der Waals surface area contributed by atoms with Crippen LogP contribution in [0.5, 0.6) is 0 Å². The molecule has 2 aromatic carbocycles. The standard InChI is InChI=1S/C25H27FN4O4S/c1-29(35(2,33)34)18-23(31)30(17-19-11-13-21(26)14-12-19)24(20-8-4-3-5-9-20)25(32)28-16-22-10-6-7-15-27-22/h3-15,24H,16-18H2,1-2H3,(H,28,32). The SMILES string of the molecule is CN(CC(=O)N(Cc1ccc(F)cc1)C(C(=O)NCc1ccccn1)c1ccccc1)S(C)(=O)=O. The van der Waals surface area contributed by atoms with Gasteiger partial charge in [0.1, 0.15) is 11.9 Å². The molecule has 10 heteroatoms. The third kappa shape index (κ3) is 7.43. The quantitative estimate of drug-likeness (QED) is 0.463. The molecule has 0 spiro atoms. The average molecular weight is 499 g/mol. The fourth-order valence-electron chi connectivity index (χ4n) is 3.39. The van der Waals surface area contributed by atoms with Crippen molar-refractivity contribution in [3.8, 4) is 0 Å². The van der Waals surface area contributed by atoms with Crippen molar-refractivity contribution in [3.05, 3.63) is 102 Å². The van der Waals surface area contributed by atoms with Gasteiger partial charge in [-0.2, -0.15) is 4.31 Å². The van der Waals surface area contributed by atoms with Gasteiger partial charge >= 0.3 is 0 Å². The molecule has 1 aromatic heterocycles. The van der Waals surface area contributed by atoms with Crippen LogP contribution >= 0.6 is 0 Å². The van der Waals surface area contributed by atoms with E-state index < -0.39 is 40.2 Å². The molecule has 0 radical (unpaired) electrons. The summed E-state index contributed by atoms with van der Waals surface area (Å²) < 4.78 is 38.3. The molecule has 0 saturated carbocycles. The molecule has 0 aliphatic heterocycles. The molecular weight excluding hydrogens is 471 g/mol. The molecule has 184 valence electrons. The lowest BCUT2D eigenvalue weighted by molar-refractivity contribution is -0.141. The van der Waals surface area contributed by atoms with Crippen molar-refractivity contribution in [2.24, 2.45) is 0 Å². The predicted octanol–water partition coefficient (Wildman–Crippen LogP) is 2.50. The second-order valence-electron chi connectivity index (χ2n) is 8.02. The summed E-state index contributed by atoms with van der Waals surface area (Å²) in [5.41, 5.74) is 1.77. The molecule has 0 saturated heterocycles. The number of halogens is 1. The molecule has 2 amide bonds. The first-order chi connectivity index (χ1) is 16.6. The maximum atomic E-state index is 13.5. The van der Waals surface area contributed by atoms with Crippen LogP contribution in [0.25, 0.3) is 0 Å². The third-order valence-corrected chi connectivity index (χ3v) is 6.62. The summed E-state index contributed by atoms with van der Waals surface area (Å²) in [6, 6.07) is 18.5. The van der Waals surface area contributed by atoms with Crippen LogP contribution in [0.2, 0.25) is 0 Å². The maximum Gasteiger partial charge on any atom is 0.247 e. The first-order valence-electron chi connectivity index (χ1n) is 10.8. The number of hydrogen-bond acceptors (Lipinski definition) is 5. The molecule has 1 heterocycles. The van der Waals surface area contributed by atoms with Crippen LogP contribution in [0.15, 0.2) is 79.0 Å². The van der Waals surface area contributed by atoms with Crippen molar-refractivity contribution < 1.29 is 22.4 Å². The van der Waals surface area contributed by atoms with Crippen LogP contribution in [0, 0.1) is 5.82 Å². The number of likely N-dealkylation sites (N-methyl/N-ethyl adjacent to an activating group) is 1. The molecule has 0 fully saturated rings. The number of aromatic nitrogens is 1. The minimum absolute atomic E-state index is 0.0344. The average Bonchev–Trinajstić information content (AvgIpc) is 2.84. The maximum absolute atomic E-state index is 13.5. The molecule has 1 unspecified atom stereocenters. The molecule has 1 atom stereocenters. The number of amides is 2. The second kappa shape index (κ2) is 11.7. The summed E-state index contributed by atoms with van der Waals surface area (Å²) in [5, 5.41) is 2.82. The highest BCUT2D eigenvalue weighted by Gasteiger charge is 2.32. The highest BCUT2D eigenvalue weighted by atomic mass is 32.2. The Morgan fingerprint density at radius 1 is 1.00 bits per heavy atom. The topological polar surface area (TPSA) is 99.7 Å². The first kappa shape index (κ1) is 26.0. The monoisotopic (exact) mass is 498 g/mol.